The van der Waals surface area contributed by atoms with E-state index in [9.17, 15) is 4.79 Å². The van der Waals surface area contributed by atoms with Gasteiger partial charge in [-0.3, -0.25) is 4.79 Å². The molecule has 60 valence electrons. The van der Waals surface area contributed by atoms with Crippen molar-refractivity contribution in [3.63, 3.8) is 0 Å². The first kappa shape index (κ1) is 7.38. The summed E-state index contributed by atoms with van der Waals surface area (Å²) in [6.45, 7) is 0. The molecule has 0 unspecified atom stereocenters. The predicted molar refractivity (Wildman–Crippen MR) is 49.0 cm³/mol. The molecule has 3 heteroatoms. The van der Waals surface area contributed by atoms with Gasteiger partial charge in [-0.25, -0.2) is 0 Å². The highest BCUT2D eigenvalue weighted by molar-refractivity contribution is 7.08. The van der Waals surface area contributed by atoms with Gasteiger partial charge in [-0.2, -0.15) is 0 Å². The first-order chi connectivity index (χ1) is 5.86. The Bertz CT molecular complexity index is 369. The van der Waals surface area contributed by atoms with Crippen LogP contribution in [0.15, 0.2) is 10.8 Å². The van der Waals surface area contributed by atoms with Crippen LogP contribution in [0, 0.1) is 11.8 Å². The summed E-state index contributed by atoms with van der Waals surface area (Å²) in [4.78, 5) is 11.0. The molecule has 1 aromatic heterocycles. The molecule has 1 amide bonds. The zero-order chi connectivity index (χ0) is 8.39. The van der Waals surface area contributed by atoms with Crippen LogP contribution in [0.3, 0.4) is 0 Å². The Morgan fingerprint density at radius 2 is 2.42 bits per heavy atom. The van der Waals surface area contributed by atoms with Crippen LogP contribution in [0.2, 0.25) is 0 Å². The number of thiophene rings is 1. The summed E-state index contributed by atoms with van der Waals surface area (Å²) in [6.07, 6.45) is 1.71. The van der Waals surface area contributed by atoms with E-state index < -0.39 is 0 Å². The van der Waals surface area contributed by atoms with Crippen molar-refractivity contribution >= 4 is 22.9 Å². The Labute approximate surface area is 74.6 Å². The van der Waals surface area contributed by atoms with Crippen molar-refractivity contribution < 1.29 is 4.79 Å². The van der Waals surface area contributed by atoms with Crippen molar-refractivity contribution in [2.45, 2.75) is 12.8 Å². The number of amides is 1. The molecule has 0 saturated carbocycles. The second-order valence-electron chi connectivity index (χ2n) is 2.57. The molecule has 0 bridgehead atoms. The molecule has 12 heavy (non-hydrogen) atoms. The summed E-state index contributed by atoms with van der Waals surface area (Å²) in [6, 6.07) is 0. The minimum atomic E-state index is -0.200. The molecule has 1 aromatic rings. The molecule has 2 heterocycles. The van der Waals surface area contributed by atoms with Crippen LogP contribution < -0.4 is 5.32 Å². The number of rotatable bonds is 0. The van der Waals surface area contributed by atoms with Crippen LogP contribution in [0.1, 0.15) is 12.0 Å². The smallest absolute Gasteiger partial charge is 0.300 e. The van der Waals surface area contributed by atoms with Crippen molar-refractivity contribution in [1.82, 2.24) is 0 Å². The highest BCUT2D eigenvalue weighted by Crippen LogP contribution is 2.22. The number of hydrogen-bond donors (Lipinski definition) is 1. The average molecular weight is 177 g/mol. The van der Waals surface area contributed by atoms with Crippen molar-refractivity contribution in [3.8, 4) is 11.8 Å². The zero-order valence-electron chi connectivity index (χ0n) is 6.39. The van der Waals surface area contributed by atoms with Gasteiger partial charge in [0.05, 0.1) is 5.69 Å². The quantitative estimate of drug-likeness (QED) is 0.600. The number of nitrogens with one attached hydrogen (secondary N) is 1. The molecular weight excluding hydrogens is 170 g/mol. The van der Waals surface area contributed by atoms with E-state index in [1.54, 1.807) is 11.3 Å². The monoisotopic (exact) mass is 177 g/mol. The molecule has 0 aromatic carbocycles. The van der Waals surface area contributed by atoms with Gasteiger partial charge in [0.15, 0.2) is 0 Å². The minimum Gasteiger partial charge on any atom is -0.314 e. The molecule has 0 atom stereocenters. The van der Waals surface area contributed by atoms with Crippen LogP contribution >= 0.6 is 11.3 Å². The normalized spacial score (nSPS) is 14.8. The maximum absolute atomic E-state index is 11.0. The Morgan fingerprint density at radius 1 is 1.50 bits per heavy atom. The van der Waals surface area contributed by atoms with Gasteiger partial charge >= 0.3 is 0 Å². The average Bonchev–Trinajstić information content (AvgIpc) is 2.42. The van der Waals surface area contributed by atoms with Crippen LogP contribution in [-0.4, -0.2) is 5.91 Å². The summed E-state index contributed by atoms with van der Waals surface area (Å²) < 4.78 is 0. The van der Waals surface area contributed by atoms with Crippen LogP contribution in [0.25, 0.3) is 0 Å². The lowest BCUT2D eigenvalue weighted by molar-refractivity contribution is -0.111. The minimum absolute atomic E-state index is 0.200. The molecule has 0 radical (unpaired) electrons. The molecule has 2 nitrogen and oxygen atoms in total. The van der Waals surface area contributed by atoms with Crippen LogP contribution in [0.5, 0.6) is 0 Å². The van der Waals surface area contributed by atoms with Gasteiger partial charge in [0.1, 0.15) is 0 Å². The van der Waals surface area contributed by atoms with Gasteiger partial charge in [-0.05, 0) is 23.3 Å². The Kier molecular flexibility index (Phi) is 1.84. The largest absolute Gasteiger partial charge is 0.314 e. The first-order valence-electron chi connectivity index (χ1n) is 3.71. The third-order valence-corrected chi connectivity index (χ3v) is 2.50. The number of anilines is 1. The molecular formula is C9H7NOS. The van der Waals surface area contributed by atoms with Gasteiger partial charge in [-0.1, -0.05) is 5.92 Å². The summed E-state index contributed by atoms with van der Waals surface area (Å²) in [7, 11) is 0. The van der Waals surface area contributed by atoms with E-state index in [0.29, 0.717) is 0 Å². The SMILES string of the molecule is O=C1C#CCCc2cscc2N1. The van der Waals surface area contributed by atoms with E-state index >= 15 is 0 Å². The molecule has 1 aliphatic rings. The van der Waals surface area contributed by atoms with Gasteiger partial charge in [0.2, 0.25) is 0 Å². The molecule has 2 rings (SSSR count). The lowest BCUT2D eigenvalue weighted by atomic mass is 10.1. The second-order valence-corrected chi connectivity index (χ2v) is 3.31. The highest BCUT2D eigenvalue weighted by Gasteiger charge is 2.07. The van der Waals surface area contributed by atoms with Gasteiger partial charge in [0, 0.05) is 11.8 Å². The highest BCUT2D eigenvalue weighted by atomic mass is 32.1. The predicted octanol–water partition coefficient (Wildman–Crippen LogP) is 1.64. The fraction of sp³-hybridized carbons (Fsp3) is 0.222. The van der Waals surface area contributed by atoms with E-state index in [-0.39, 0.29) is 5.91 Å². The number of carbonyl (C=O) groups is 1. The van der Waals surface area contributed by atoms with E-state index in [2.05, 4.69) is 22.5 Å². The summed E-state index contributed by atoms with van der Waals surface area (Å²) in [5, 5.41) is 6.74. The van der Waals surface area contributed by atoms with Gasteiger partial charge in [0.25, 0.3) is 5.91 Å². The third-order valence-electron chi connectivity index (χ3n) is 1.71. The fourth-order valence-corrected chi connectivity index (χ4v) is 1.94. The second kappa shape index (κ2) is 3.00. The number of aryl methyl sites for hydroxylation is 1. The first-order valence-corrected chi connectivity index (χ1v) is 4.65. The van der Waals surface area contributed by atoms with Gasteiger partial charge in [-0.15, -0.1) is 11.3 Å². The maximum Gasteiger partial charge on any atom is 0.300 e. The Hall–Kier alpha value is -1.27. The number of carbonyl (C=O) groups excluding carboxylic acids is 1. The van der Waals surface area contributed by atoms with Crippen molar-refractivity contribution in [2.24, 2.45) is 0 Å². The Balaban J connectivity index is 2.35. The standard InChI is InChI=1S/C9H7NOS/c11-9-4-2-1-3-7-5-12-6-8(7)10-9/h5-6H,1,3H2,(H,10,11). The van der Waals surface area contributed by atoms with Crippen molar-refractivity contribution in [2.75, 3.05) is 5.32 Å². The molecule has 1 N–H and O–H groups in total. The van der Waals surface area contributed by atoms with E-state index in [1.165, 1.54) is 5.56 Å². The van der Waals surface area contributed by atoms with Crippen molar-refractivity contribution in [1.29, 1.82) is 0 Å². The fourth-order valence-electron chi connectivity index (χ4n) is 1.12. The lowest BCUT2D eigenvalue weighted by Crippen LogP contribution is -2.10. The Morgan fingerprint density at radius 3 is 3.33 bits per heavy atom. The van der Waals surface area contributed by atoms with E-state index in [4.69, 9.17) is 0 Å². The number of hydrogen-bond acceptors (Lipinski definition) is 2. The molecule has 0 fully saturated rings. The molecule has 0 aliphatic carbocycles. The topological polar surface area (TPSA) is 29.1 Å². The maximum atomic E-state index is 11.0. The van der Waals surface area contributed by atoms with Crippen LogP contribution in [-0.2, 0) is 11.2 Å². The van der Waals surface area contributed by atoms with Gasteiger partial charge < -0.3 is 5.32 Å². The molecule has 0 spiro atoms. The van der Waals surface area contributed by atoms with Crippen LogP contribution in [0.4, 0.5) is 5.69 Å². The molecule has 1 aliphatic heterocycles. The third kappa shape index (κ3) is 1.34. The lowest BCUT2D eigenvalue weighted by Gasteiger charge is -2.03. The summed E-state index contributed by atoms with van der Waals surface area (Å²) in [5.41, 5.74) is 2.13. The number of fused-ring (bicyclic) bond motifs is 1. The zero-order valence-corrected chi connectivity index (χ0v) is 7.20. The summed E-state index contributed by atoms with van der Waals surface area (Å²) in [5.74, 6) is 5.13. The molecule has 0 saturated heterocycles. The van der Waals surface area contributed by atoms with Crippen molar-refractivity contribution in [3.05, 3.63) is 16.3 Å². The van der Waals surface area contributed by atoms with E-state index in [0.717, 1.165) is 18.5 Å². The van der Waals surface area contributed by atoms with E-state index in [1.807, 2.05) is 5.38 Å². The summed E-state index contributed by atoms with van der Waals surface area (Å²) >= 11 is 1.61.